The van der Waals surface area contributed by atoms with Gasteiger partial charge in [-0.05, 0) is 27.1 Å². The second-order valence-electron chi connectivity index (χ2n) is 4.23. The highest BCUT2D eigenvalue weighted by Crippen LogP contribution is 1.97. The van der Waals surface area contributed by atoms with Crippen LogP contribution in [0.2, 0.25) is 0 Å². The van der Waals surface area contributed by atoms with Crippen LogP contribution in [0.1, 0.15) is 16.8 Å². The van der Waals surface area contributed by atoms with E-state index in [-0.39, 0.29) is 12.5 Å². The van der Waals surface area contributed by atoms with Crippen molar-refractivity contribution in [2.45, 2.75) is 13.0 Å². The van der Waals surface area contributed by atoms with Crippen LogP contribution in [0.15, 0.2) is 12.4 Å². The number of hydrogen-bond acceptors (Lipinski definition) is 4. The minimum absolute atomic E-state index is 0.231. The average Bonchev–Trinajstić information content (AvgIpc) is 2.71. The van der Waals surface area contributed by atoms with Crippen molar-refractivity contribution in [2.24, 2.45) is 0 Å². The summed E-state index contributed by atoms with van der Waals surface area (Å²) in [5, 5.41) is 15.1. The molecule has 0 unspecified atom stereocenters. The summed E-state index contributed by atoms with van der Waals surface area (Å²) >= 11 is 0. The maximum Gasteiger partial charge on any atom is 0.325 e. The number of aliphatic carboxylic acids is 1. The van der Waals surface area contributed by atoms with Crippen LogP contribution in [0, 0.1) is 0 Å². The number of carboxylic acids is 1. The van der Waals surface area contributed by atoms with Crippen molar-refractivity contribution in [1.82, 2.24) is 20.0 Å². The highest BCUT2D eigenvalue weighted by atomic mass is 16.4. The number of carbonyl (C=O) groups is 2. The average molecular weight is 254 g/mol. The van der Waals surface area contributed by atoms with Crippen molar-refractivity contribution in [3.05, 3.63) is 18.0 Å². The van der Waals surface area contributed by atoms with Crippen LogP contribution < -0.4 is 5.32 Å². The molecule has 0 aliphatic carbocycles. The lowest BCUT2D eigenvalue weighted by Gasteiger charge is -2.09. The van der Waals surface area contributed by atoms with Gasteiger partial charge in [-0.15, -0.1) is 0 Å². The third-order valence-electron chi connectivity index (χ3n) is 2.26. The van der Waals surface area contributed by atoms with Crippen molar-refractivity contribution in [1.29, 1.82) is 0 Å². The van der Waals surface area contributed by atoms with Crippen LogP contribution in [0.25, 0.3) is 0 Å². The van der Waals surface area contributed by atoms with E-state index in [9.17, 15) is 9.59 Å². The molecule has 1 aromatic heterocycles. The van der Waals surface area contributed by atoms with E-state index in [1.54, 1.807) is 0 Å². The van der Waals surface area contributed by atoms with E-state index in [1.807, 2.05) is 19.0 Å². The Morgan fingerprint density at radius 1 is 1.50 bits per heavy atom. The lowest BCUT2D eigenvalue weighted by atomic mass is 10.3. The Bertz CT molecular complexity index is 414. The first-order valence-corrected chi connectivity index (χ1v) is 5.66. The Morgan fingerprint density at radius 2 is 2.22 bits per heavy atom. The molecule has 0 aromatic carbocycles. The molecule has 7 heteroatoms. The van der Waals surface area contributed by atoms with Gasteiger partial charge in [0.2, 0.25) is 0 Å². The third-order valence-corrected chi connectivity index (χ3v) is 2.26. The molecule has 0 atom stereocenters. The van der Waals surface area contributed by atoms with E-state index in [0.717, 1.165) is 13.0 Å². The monoisotopic (exact) mass is 254 g/mol. The van der Waals surface area contributed by atoms with E-state index >= 15 is 0 Å². The summed E-state index contributed by atoms with van der Waals surface area (Å²) in [6.07, 6.45) is 3.65. The van der Waals surface area contributed by atoms with Gasteiger partial charge in [0.1, 0.15) is 6.54 Å². The molecule has 1 amide bonds. The highest BCUT2D eigenvalue weighted by molar-refractivity contribution is 5.93. The standard InChI is InChI=1S/C11H18N4O3/c1-14(2)5-3-4-12-11(18)9-6-13-15(7-9)8-10(16)17/h6-7H,3-5,8H2,1-2H3,(H,12,18)(H,16,17). The van der Waals surface area contributed by atoms with Crippen molar-refractivity contribution >= 4 is 11.9 Å². The first-order chi connectivity index (χ1) is 8.49. The second-order valence-corrected chi connectivity index (χ2v) is 4.23. The zero-order valence-electron chi connectivity index (χ0n) is 10.6. The van der Waals surface area contributed by atoms with Crippen LogP contribution >= 0.6 is 0 Å². The summed E-state index contributed by atoms with van der Waals surface area (Å²) < 4.78 is 1.22. The van der Waals surface area contributed by atoms with E-state index in [1.165, 1.54) is 17.1 Å². The number of nitrogens with one attached hydrogen (secondary N) is 1. The fourth-order valence-corrected chi connectivity index (χ4v) is 1.41. The van der Waals surface area contributed by atoms with Crippen LogP contribution in [-0.4, -0.2) is 58.8 Å². The van der Waals surface area contributed by atoms with Crippen molar-refractivity contribution in [3.8, 4) is 0 Å². The molecule has 1 aromatic rings. The molecule has 0 saturated carbocycles. The number of hydrogen-bond donors (Lipinski definition) is 2. The van der Waals surface area contributed by atoms with Gasteiger partial charge in [-0.2, -0.15) is 5.10 Å². The van der Waals surface area contributed by atoms with Gasteiger partial charge in [0, 0.05) is 12.7 Å². The molecule has 7 nitrogen and oxygen atoms in total. The normalized spacial score (nSPS) is 10.6. The van der Waals surface area contributed by atoms with Gasteiger partial charge in [0.25, 0.3) is 5.91 Å². The molecule has 100 valence electrons. The maximum absolute atomic E-state index is 11.7. The lowest BCUT2D eigenvalue weighted by molar-refractivity contribution is -0.137. The summed E-state index contributed by atoms with van der Waals surface area (Å²) in [4.78, 5) is 24.2. The van der Waals surface area contributed by atoms with Crippen LogP contribution in [0.4, 0.5) is 0 Å². The van der Waals surface area contributed by atoms with Gasteiger partial charge in [-0.1, -0.05) is 0 Å². The molecule has 1 rings (SSSR count). The highest BCUT2D eigenvalue weighted by Gasteiger charge is 2.09. The van der Waals surface area contributed by atoms with Crippen LogP contribution in [-0.2, 0) is 11.3 Å². The molecule has 0 aliphatic rings. The lowest BCUT2D eigenvalue weighted by Crippen LogP contribution is -2.26. The molecular weight excluding hydrogens is 236 g/mol. The third kappa shape index (κ3) is 4.96. The molecular formula is C11H18N4O3. The van der Waals surface area contributed by atoms with Gasteiger partial charge in [-0.25, -0.2) is 0 Å². The SMILES string of the molecule is CN(C)CCCNC(=O)c1cnn(CC(=O)O)c1. The summed E-state index contributed by atoms with van der Waals surface area (Å²) in [5.74, 6) is -1.22. The Kier molecular flexibility index (Phi) is 5.31. The molecule has 18 heavy (non-hydrogen) atoms. The minimum Gasteiger partial charge on any atom is -0.480 e. The number of carboxylic acid groups (broad SMARTS) is 1. The van der Waals surface area contributed by atoms with Crippen molar-refractivity contribution in [2.75, 3.05) is 27.2 Å². The Morgan fingerprint density at radius 3 is 2.83 bits per heavy atom. The number of rotatable bonds is 7. The summed E-state index contributed by atoms with van der Waals surface area (Å²) in [5.41, 5.74) is 0.376. The Labute approximate surface area is 105 Å². The molecule has 0 radical (unpaired) electrons. The topological polar surface area (TPSA) is 87.5 Å². The summed E-state index contributed by atoms with van der Waals surface area (Å²) in [6.45, 7) is 1.24. The maximum atomic E-state index is 11.7. The van der Waals surface area contributed by atoms with E-state index in [2.05, 4.69) is 10.4 Å². The fraction of sp³-hybridized carbons (Fsp3) is 0.545. The summed E-state index contributed by atoms with van der Waals surface area (Å²) in [7, 11) is 3.94. The first kappa shape index (κ1) is 14.2. The number of aromatic nitrogens is 2. The molecule has 0 saturated heterocycles. The fourth-order valence-electron chi connectivity index (χ4n) is 1.41. The van der Waals surface area contributed by atoms with Gasteiger partial charge >= 0.3 is 5.97 Å². The van der Waals surface area contributed by atoms with Crippen LogP contribution in [0.5, 0.6) is 0 Å². The van der Waals surface area contributed by atoms with Crippen LogP contribution in [0.3, 0.4) is 0 Å². The molecule has 2 N–H and O–H groups in total. The smallest absolute Gasteiger partial charge is 0.325 e. The summed E-state index contributed by atoms with van der Waals surface area (Å²) in [6, 6.07) is 0. The Hall–Kier alpha value is -1.89. The predicted molar refractivity (Wildman–Crippen MR) is 65.4 cm³/mol. The first-order valence-electron chi connectivity index (χ1n) is 5.66. The number of amides is 1. The number of nitrogens with zero attached hydrogens (tertiary/aromatic N) is 3. The second kappa shape index (κ2) is 6.75. The van der Waals surface area contributed by atoms with E-state index in [4.69, 9.17) is 5.11 Å². The van der Waals surface area contributed by atoms with Crippen molar-refractivity contribution in [3.63, 3.8) is 0 Å². The van der Waals surface area contributed by atoms with Gasteiger partial charge in [-0.3, -0.25) is 14.3 Å². The molecule has 0 fully saturated rings. The molecule has 0 aliphatic heterocycles. The quantitative estimate of drug-likeness (QED) is 0.649. The molecule has 0 spiro atoms. The molecule has 0 bridgehead atoms. The zero-order valence-corrected chi connectivity index (χ0v) is 10.6. The largest absolute Gasteiger partial charge is 0.480 e. The van der Waals surface area contributed by atoms with E-state index < -0.39 is 5.97 Å². The minimum atomic E-state index is -0.990. The van der Waals surface area contributed by atoms with E-state index in [0.29, 0.717) is 12.1 Å². The van der Waals surface area contributed by atoms with Gasteiger partial charge in [0.15, 0.2) is 0 Å². The van der Waals surface area contributed by atoms with Crippen molar-refractivity contribution < 1.29 is 14.7 Å². The zero-order chi connectivity index (χ0) is 13.5. The van der Waals surface area contributed by atoms with Gasteiger partial charge in [0.05, 0.1) is 11.8 Å². The Balaban J connectivity index is 2.37. The molecule has 1 heterocycles. The predicted octanol–water partition coefficient (Wildman–Crippen LogP) is -0.351. The number of carbonyl (C=O) groups excluding carboxylic acids is 1. The van der Waals surface area contributed by atoms with Gasteiger partial charge < -0.3 is 15.3 Å².